The van der Waals surface area contributed by atoms with E-state index in [9.17, 15) is 5.11 Å². The van der Waals surface area contributed by atoms with Crippen LogP contribution in [0.5, 0.6) is 0 Å². The van der Waals surface area contributed by atoms with Crippen molar-refractivity contribution in [1.29, 1.82) is 0 Å². The van der Waals surface area contributed by atoms with E-state index in [0.29, 0.717) is 13.0 Å². The van der Waals surface area contributed by atoms with E-state index in [1.54, 1.807) is 0 Å². The van der Waals surface area contributed by atoms with E-state index in [4.69, 9.17) is 0 Å². The summed E-state index contributed by atoms with van der Waals surface area (Å²) in [6.45, 7) is 3.62. The molecule has 1 heterocycles. The van der Waals surface area contributed by atoms with Gasteiger partial charge in [-0.1, -0.05) is 0 Å². The molecule has 1 aromatic heterocycles. The lowest BCUT2D eigenvalue weighted by Crippen LogP contribution is -2.27. The summed E-state index contributed by atoms with van der Waals surface area (Å²) in [6.07, 6.45) is 4.18. The number of likely N-dealkylation sites (N-methyl/N-ethyl adjacent to an activating group) is 1. The van der Waals surface area contributed by atoms with Crippen molar-refractivity contribution < 1.29 is 5.11 Å². The maximum atomic E-state index is 9.68. The number of aryl methyl sites for hydroxylation is 1. The number of aliphatic hydroxyl groups is 1. The van der Waals surface area contributed by atoms with Crippen LogP contribution in [0.4, 0.5) is 0 Å². The molecular formula is C10H19N3O. The molecule has 4 nitrogen and oxygen atoms in total. The molecule has 0 aliphatic heterocycles. The highest BCUT2D eigenvalue weighted by molar-refractivity contribution is 5.05. The summed E-state index contributed by atoms with van der Waals surface area (Å²) < 4.78 is 1.87. The predicted octanol–water partition coefficient (Wildman–Crippen LogP) is 0.368. The number of hydrogen-bond donors (Lipinski definition) is 1. The molecule has 1 unspecified atom stereocenters. The Morgan fingerprint density at radius 2 is 2.29 bits per heavy atom. The van der Waals surface area contributed by atoms with E-state index in [1.165, 1.54) is 0 Å². The van der Waals surface area contributed by atoms with E-state index in [2.05, 4.69) is 5.10 Å². The fourth-order valence-corrected chi connectivity index (χ4v) is 1.44. The zero-order valence-corrected chi connectivity index (χ0v) is 9.14. The number of aromatic nitrogens is 2. The molecule has 0 saturated carbocycles. The van der Waals surface area contributed by atoms with Crippen LogP contribution < -0.4 is 0 Å². The van der Waals surface area contributed by atoms with E-state index in [0.717, 1.165) is 12.1 Å². The molecule has 0 saturated heterocycles. The van der Waals surface area contributed by atoms with Gasteiger partial charge in [-0.2, -0.15) is 5.10 Å². The zero-order chi connectivity index (χ0) is 10.6. The highest BCUT2D eigenvalue weighted by Gasteiger charge is 2.07. The van der Waals surface area contributed by atoms with Crippen molar-refractivity contribution in [2.45, 2.75) is 26.0 Å². The summed E-state index contributed by atoms with van der Waals surface area (Å²) in [6, 6.07) is 0. The van der Waals surface area contributed by atoms with Gasteiger partial charge < -0.3 is 10.0 Å². The monoisotopic (exact) mass is 197 g/mol. The van der Waals surface area contributed by atoms with Crippen LogP contribution in [0, 0.1) is 0 Å². The van der Waals surface area contributed by atoms with Gasteiger partial charge in [0.15, 0.2) is 0 Å². The third kappa shape index (κ3) is 3.47. The Balaban J connectivity index is 2.43. The molecule has 0 aromatic carbocycles. The summed E-state index contributed by atoms with van der Waals surface area (Å²) in [4.78, 5) is 1.98. The van der Waals surface area contributed by atoms with Crippen LogP contribution in [0.3, 0.4) is 0 Å². The van der Waals surface area contributed by atoms with Crippen molar-refractivity contribution >= 4 is 0 Å². The van der Waals surface area contributed by atoms with Gasteiger partial charge in [0.1, 0.15) is 0 Å². The van der Waals surface area contributed by atoms with E-state index < -0.39 is 0 Å². The first kappa shape index (κ1) is 11.2. The maximum absolute atomic E-state index is 9.68. The molecule has 1 rings (SSSR count). The number of aliphatic hydroxyl groups excluding tert-OH is 1. The molecule has 0 fully saturated rings. The minimum absolute atomic E-state index is 0.306. The van der Waals surface area contributed by atoms with Crippen LogP contribution in [0.25, 0.3) is 0 Å². The lowest BCUT2D eigenvalue weighted by molar-refractivity contribution is 0.137. The van der Waals surface area contributed by atoms with Crippen molar-refractivity contribution in [1.82, 2.24) is 14.7 Å². The molecule has 4 heteroatoms. The van der Waals surface area contributed by atoms with Gasteiger partial charge in [-0.15, -0.1) is 0 Å². The van der Waals surface area contributed by atoms with Crippen molar-refractivity contribution in [2.75, 3.05) is 20.6 Å². The van der Waals surface area contributed by atoms with Crippen molar-refractivity contribution in [2.24, 2.45) is 0 Å². The van der Waals surface area contributed by atoms with Crippen LogP contribution >= 0.6 is 0 Å². The normalized spacial score (nSPS) is 13.5. The topological polar surface area (TPSA) is 41.3 Å². The quantitative estimate of drug-likeness (QED) is 0.741. The minimum Gasteiger partial charge on any atom is -0.391 e. The first-order chi connectivity index (χ1) is 6.61. The predicted molar refractivity (Wildman–Crippen MR) is 56.2 cm³/mol. The van der Waals surface area contributed by atoms with Gasteiger partial charge in [-0.05, 0) is 26.6 Å². The standard InChI is InChI=1S/C10H19N3O/c1-4-13-7-9(6-11-13)5-10(14)8-12(2)3/h6-7,10,14H,4-5,8H2,1-3H3. The fourth-order valence-electron chi connectivity index (χ4n) is 1.44. The average molecular weight is 197 g/mol. The van der Waals surface area contributed by atoms with Gasteiger partial charge in [0, 0.05) is 25.7 Å². The van der Waals surface area contributed by atoms with Crippen LogP contribution in [0.1, 0.15) is 12.5 Å². The number of nitrogens with zero attached hydrogens (tertiary/aromatic N) is 3. The van der Waals surface area contributed by atoms with Gasteiger partial charge in [0.25, 0.3) is 0 Å². The molecule has 1 aromatic rings. The average Bonchev–Trinajstić information content (AvgIpc) is 2.50. The van der Waals surface area contributed by atoms with E-state index in [1.807, 2.05) is 43.0 Å². The van der Waals surface area contributed by atoms with Crippen LogP contribution in [0.15, 0.2) is 12.4 Å². The van der Waals surface area contributed by atoms with E-state index >= 15 is 0 Å². The summed E-state index contributed by atoms with van der Waals surface area (Å²) in [5.41, 5.74) is 1.10. The van der Waals surface area contributed by atoms with Crippen LogP contribution in [-0.4, -0.2) is 46.5 Å². The van der Waals surface area contributed by atoms with Gasteiger partial charge in [-0.3, -0.25) is 4.68 Å². The SMILES string of the molecule is CCn1cc(CC(O)CN(C)C)cn1. The minimum atomic E-state index is -0.306. The summed E-state index contributed by atoms with van der Waals surface area (Å²) in [5, 5.41) is 13.8. The molecule has 0 aliphatic rings. The first-order valence-corrected chi connectivity index (χ1v) is 4.96. The Morgan fingerprint density at radius 3 is 2.79 bits per heavy atom. The highest BCUT2D eigenvalue weighted by Crippen LogP contribution is 2.03. The van der Waals surface area contributed by atoms with E-state index in [-0.39, 0.29) is 6.10 Å². The Hall–Kier alpha value is -0.870. The van der Waals surface area contributed by atoms with Gasteiger partial charge in [0.2, 0.25) is 0 Å². The molecule has 0 spiro atoms. The van der Waals surface area contributed by atoms with Crippen molar-refractivity contribution in [3.05, 3.63) is 18.0 Å². The fraction of sp³-hybridized carbons (Fsp3) is 0.700. The number of hydrogen-bond acceptors (Lipinski definition) is 3. The third-order valence-corrected chi connectivity index (χ3v) is 2.06. The lowest BCUT2D eigenvalue weighted by atomic mass is 10.1. The second kappa shape index (κ2) is 5.12. The summed E-state index contributed by atoms with van der Waals surface area (Å²) in [7, 11) is 3.91. The van der Waals surface area contributed by atoms with Crippen molar-refractivity contribution in [3.8, 4) is 0 Å². The smallest absolute Gasteiger partial charge is 0.0708 e. The third-order valence-electron chi connectivity index (χ3n) is 2.06. The zero-order valence-electron chi connectivity index (χ0n) is 9.14. The molecule has 1 atom stereocenters. The molecule has 0 bridgehead atoms. The Bertz CT molecular complexity index is 270. The van der Waals surface area contributed by atoms with Crippen LogP contribution in [0.2, 0.25) is 0 Å². The Kier molecular flexibility index (Phi) is 4.10. The highest BCUT2D eigenvalue weighted by atomic mass is 16.3. The Morgan fingerprint density at radius 1 is 1.57 bits per heavy atom. The lowest BCUT2D eigenvalue weighted by Gasteiger charge is -2.14. The van der Waals surface area contributed by atoms with Gasteiger partial charge in [0.05, 0.1) is 12.3 Å². The second-order valence-corrected chi connectivity index (χ2v) is 3.82. The number of rotatable bonds is 5. The molecule has 0 radical (unpaired) electrons. The maximum Gasteiger partial charge on any atom is 0.0708 e. The van der Waals surface area contributed by atoms with Gasteiger partial charge >= 0.3 is 0 Å². The van der Waals surface area contributed by atoms with Gasteiger partial charge in [-0.25, -0.2) is 0 Å². The molecule has 14 heavy (non-hydrogen) atoms. The Labute approximate surface area is 85.1 Å². The molecule has 80 valence electrons. The second-order valence-electron chi connectivity index (χ2n) is 3.82. The largest absolute Gasteiger partial charge is 0.391 e. The summed E-state index contributed by atoms with van der Waals surface area (Å²) in [5.74, 6) is 0. The molecule has 0 amide bonds. The van der Waals surface area contributed by atoms with Crippen molar-refractivity contribution in [3.63, 3.8) is 0 Å². The first-order valence-electron chi connectivity index (χ1n) is 4.96. The van der Waals surface area contributed by atoms with Crippen LogP contribution in [-0.2, 0) is 13.0 Å². The molecule has 0 aliphatic carbocycles. The summed E-state index contributed by atoms with van der Waals surface area (Å²) >= 11 is 0. The molecule has 1 N–H and O–H groups in total. The molecular weight excluding hydrogens is 178 g/mol.